The molecule has 0 saturated heterocycles. The summed E-state index contributed by atoms with van der Waals surface area (Å²) in [5, 5.41) is 2.65. The second kappa shape index (κ2) is 2.16. The third-order valence-electron chi connectivity index (χ3n) is 3.26. The molecule has 1 N–H and O–H groups in total. The molecule has 2 nitrogen and oxygen atoms in total. The van der Waals surface area contributed by atoms with Crippen LogP contribution in [0, 0.1) is 12.7 Å². The Morgan fingerprint density at radius 1 is 1.43 bits per heavy atom. The average Bonchev–Trinajstić information content (AvgIpc) is 2.86. The van der Waals surface area contributed by atoms with Crippen LogP contribution in [-0.4, -0.2) is 5.91 Å². The molecule has 1 aliphatic heterocycles. The Kier molecular flexibility index (Phi) is 1.23. The van der Waals surface area contributed by atoms with E-state index in [-0.39, 0.29) is 17.1 Å². The first-order chi connectivity index (χ1) is 6.65. The molecule has 2 aliphatic rings. The lowest BCUT2D eigenvalue weighted by molar-refractivity contribution is -0.117. The molecular weight excluding hydrogens is 181 g/mol. The van der Waals surface area contributed by atoms with Gasteiger partial charge in [-0.05, 0) is 37.0 Å². The van der Waals surface area contributed by atoms with Crippen molar-refractivity contribution in [2.24, 2.45) is 0 Å². The third-order valence-corrected chi connectivity index (χ3v) is 3.26. The van der Waals surface area contributed by atoms with E-state index >= 15 is 0 Å². The van der Waals surface area contributed by atoms with Crippen molar-refractivity contribution in [3.8, 4) is 0 Å². The van der Waals surface area contributed by atoms with E-state index in [1.807, 2.05) is 6.92 Å². The maximum absolute atomic E-state index is 13.4. The first-order valence-corrected chi connectivity index (χ1v) is 4.76. The van der Waals surface area contributed by atoms with Crippen LogP contribution < -0.4 is 5.32 Å². The van der Waals surface area contributed by atoms with E-state index in [1.165, 1.54) is 6.07 Å². The summed E-state index contributed by atoms with van der Waals surface area (Å²) >= 11 is 0. The Labute approximate surface area is 81.1 Å². The Hall–Kier alpha value is -1.38. The summed E-state index contributed by atoms with van der Waals surface area (Å²) in [5.41, 5.74) is 1.94. The number of carbonyl (C=O) groups excluding carboxylic acids is 1. The fourth-order valence-corrected chi connectivity index (χ4v) is 2.37. The van der Waals surface area contributed by atoms with E-state index in [2.05, 4.69) is 5.32 Å². The zero-order valence-corrected chi connectivity index (χ0v) is 7.86. The van der Waals surface area contributed by atoms with Crippen molar-refractivity contribution in [3.63, 3.8) is 0 Å². The van der Waals surface area contributed by atoms with Crippen LogP contribution in [0.3, 0.4) is 0 Å². The molecule has 0 radical (unpaired) electrons. The summed E-state index contributed by atoms with van der Waals surface area (Å²) in [6.07, 6.45) is 1.71. The zero-order chi connectivity index (χ0) is 9.92. The van der Waals surface area contributed by atoms with E-state index in [4.69, 9.17) is 0 Å². The second-order valence-electron chi connectivity index (χ2n) is 4.15. The normalized spacial score (nSPS) is 20.9. The van der Waals surface area contributed by atoms with E-state index in [1.54, 1.807) is 6.07 Å². The van der Waals surface area contributed by atoms with Crippen molar-refractivity contribution in [2.45, 2.75) is 25.2 Å². The van der Waals surface area contributed by atoms with Crippen molar-refractivity contribution in [1.82, 2.24) is 0 Å². The summed E-state index contributed by atoms with van der Waals surface area (Å²) in [6.45, 7) is 1.93. The first-order valence-electron chi connectivity index (χ1n) is 4.76. The van der Waals surface area contributed by atoms with Crippen molar-refractivity contribution in [2.75, 3.05) is 5.32 Å². The molecule has 1 heterocycles. The smallest absolute Gasteiger partial charge is 0.235 e. The Bertz CT molecular complexity index is 449. The summed E-state index contributed by atoms with van der Waals surface area (Å²) in [6, 6.07) is 3.16. The number of hydrogen-bond donors (Lipinski definition) is 1. The Morgan fingerprint density at radius 3 is 2.79 bits per heavy atom. The van der Waals surface area contributed by atoms with Gasteiger partial charge >= 0.3 is 0 Å². The maximum atomic E-state index is 13.4. The van der Waals surface area contributed by atoms with Crippen LogP contribution in [0.5, 0.6) is 0 Å². The zero-order valence-electron chi connectivity index (χ0n) is 7.86. The van der Waals surface area contributed by atoms with E-state index in [0.29, 0.717) is 5.69 Å². The molecule has 1 spiro atoms. The van der Waals surface area contributed by atoms with Crippen LogP contribution in [0.4, 0.5) is 10.1 Å². The van der Waals surface area contributed by atoms with Gasteiger partial charge in [-0.25, -0.2) is 4.39 Å². The number of rotatable bonds is 0. The first kappa shape index (κ1) is 7.97. The van der Waals surface area contributed by atoms with Crippen LogP contribution in [0.25, 0.3) is 0 Å². The van der Waals surface area contributed by atoms with Crippen molar-refractivity contribution >= 4 is 11.6 Å². The van der Waals surface area contributed by atoms with Crippen molar-refractivity contribution < 1.29 is 9.18 Å². The third kappa shape index (κ3) is 0.733. The highest BCUT2D eigenvalue weighted by atomic mass is 19.1. The van der Waals surface area contributed by atoms with Gasteiger partial charge in [0.1, 0.15) is 5.82 Å². The fourth-order valence-electron chi connectivity index (χ4n) is 2.37. The molecule has 1 amide bonds. The van der Waals surface area contributed by atoms with Crippen LogP contribution in [0.2, 0.25) is 0 Å². The molecule has 1 saturated carbocycles. The number of halogens is 1. The predicted octanol–water partition coefficient (Wildman–Crippen LogP) is 2.12. The van der Waals surface area contributed by atoms with Gasteiger partial charge in [0, 0.05) is 0 Å². The minimum atomic E-state index is -0.373. The van der Waals surface area contributed by atoms with E-state index < -0.39 is 0 Å². The van der Waals surface area contributed by atoms with Crippen LogP contribution in [0.15, 0.2) is 12.1 Å². The number of hydrogen-bond acceptors (Lipinski definition) is 1. The molecular formula is C11H10FNO. The lowest BCUT2D eigenvalue weighted by Gasteiger charge is -2.08. The number of fused-ring (bicyclic) bond motifs is 2. The molecule has 72 valence electrons. The quantitative estimate of drug-likeness (QED) is 0.668. The largest absolute Gasteiger partial charge is 0.323 e. The van der Waals surface area contributed by atoms with Crippen molar-refractivity contribution in [1.29, 1.82) is 0 Å². The SMILES string of the molecule is Cc1ccc(F)c2c1C1(CC1)C(=O)N2. The standard InChI is InChI=1S/C11H10FNO/c1-6-2-3-7(12)9-8(6)11(4-5-11)10(14)13-9/h2-3H,4-5H2,1H3,(H,13,14). The maximum Gasteiger partial charge on any atom is 0.235 e. The molecule has 3 rings (SSSR count). The fraction of sp³-hybridized carbons (Fsp3) is 0.364. The summed E-state index contributed by atoms with van der Waals surface area (Å²) < 4.78 is 13.4. The molecule has 0 aromatic heterocycles. The molecule has 0 unspecified atom stereocenters. The molecule has 1 aromatic carbocycles. The number of amides is 1. The van der Waals surface area contributed by atoms with Gasteiger partial charge in [-0.15, -0.1) is 0 Å². The average molecular weight is 191 g/mol. The Morgan fingerprint density at radius 2 is 2.14 bits per heavy atom. The van der Waals surface area contributed by atoms with Crippen LogP contribution in [-0.2, 0) is 10.2 Å². The van der Waals surface area contributed by atoms with Gasteiger partial charge in [0.15, 0.2) is 0 Å². The van der Waals surface area contributed by atoms with Crippen molar-refractivity contribution in [3.05, 3.63) is 29.1 Å². The van der Waals surface area contributed by atoms with Gasteiger partial charge < -0.3 is 5.32 Å². The van der Waals surface area contributed by atoms with E-state index in [0.717, 1.165) is 24.0 Å². The summed E-state index contributed by atoms with van der Waals surface area (Å²) in [4.78, 5) is 11.6. The van der Waals surface area contributed by atoms with Gasteiger partial charge in [-0.1, -0.05) is 6.07 Å². The lowest BCUT2D eigenvalue weighted by atomic mass is 9.93. The van der Waals surface area contributed by atoms with Crippen LogP contribution >= 0.6 is 0 Å². The highest BCUT2D eigenvalue weighted by molar-refractivity contribution is 6.08. The minimum absolute atomic E-state index is 0.0271. The second-order valence-corrected chi connectivity index (χ2v) is 4.15. The molecule has 1 aromatic rings. The molecule has 1 aliphatic carbocycles. The van der Waals surface area contributed by atoms with Gasteiger partial charge in [-0.2, -0.15) is 0 Å². The van der Waals surface area contributed by atoms with Gasteiger partial charge in [0.25, 0.3) is 0 Å². The highest BCUT2D eigenvalue weighted by Gasteiger charge is 2.57. The van der Waals surface area contributed by atoms with E-state index in [9.17, 15) is 9.18 Å². The number of aryl methyl sites for hydroxylation is 1. The molecule has 1 fully saturated rings. The predicted molar refractivity (Wildman–Crippen MR) is 50.7 cm³/mol. The number of benzene rings is 1. The molecule has 14 heavy (non-hydrogen) atoms. The summed E-state index contributed by atoms with van der Waals surface area (Å²) in [7, 11) is 0. The van der Waals surface area contributed by atoms with Crippen LogP contribution in [0.1, 0.15) is 24.0 Å². The highest BCUT2D eigenvalue weighted by Crippen LogP contribution is 2.56. The topological polar surface area (TPSA) is 29.1 Å². The lowest BCUT2D eigenvalue weighted by Crippen LogP contribution is -2.18. The monoisotopic (exact) mass is 191 g/mol. The Balaban J connectivity index is 2.32. The van der Waals surface area contributed by atoms with Gasteiger partial charge in [0.05, 0.1) is 11.1 Å². The number of anilines is 1. The van der Waals surface area contributed by atoms with Gasteiger partial charge in [-0.3, -0.25) is 4.79 Å². The number of carbonyl (C=O) groups is 1. The molecule has 0 atom stereocenters. The molecule has 3 heteroatoms. The number of nitrogens with one attached hydrogen (secondary N) is 1. The minimum Gasteiger partial charge on any atom is -0.323 e. The summed E-state index contributed by atoms with van der Waals surface area (Å²) in [5.74, 6) is -0.344. The molecule has 0 bridgehead atoms. The van der Waals surface area contributed by atoms with Gasteiger partial charge in [0.2, 0.25) is 5.91 Å².